The molecule has 0 spiro atoms. The third-order valence-electron chi connectivity index (χ3n) is 5.84. The zero-order chi connectivity index (χ0) is 19.7. The predicted molar refractivity (Wildman–Crippen MR) is 108 cm³/mol. The van der Waals surface area contributed by atoms with Crippen molar-refractivity contribution in [2.75, 3.05) is 20.2 Å². The van der Waals surface area contributed by atoms with Crippen molar-refractivity contribution in [1.82, 2.24) is 10.1 Å². The van der Waals surface area contributed by atoms with Gasteiger partial charge in [0.2, 0.25) is 0 Å². The van der Waals surface area contributed by atoms with E-state index in [0.717, 1.165) is 42.8 Å². The van der Waals surface area contributed by atoms with E-state index in [4.69, 9.17) is 9.26 Å². The molecule has 1 fully saturated rings. The van der Waals surface area contributed by atoms with Crippen molar-refractivity contribution >= 4 is 11.0 Å². The predicted octanol–water partition coefficient (Wildman–Crippen LogP) is 5.55. The van der Waals surface area contributed by atoms with Crippen LogP contribution < -0.4 is 4.74 Å². The number of piperidine rings is 1. The molecule has 2 aromatic carbocycles. The van der Waals surface area contributed by atoms with Crippen molar-refractivity contribution in [3.63, 3.8) is 0 Å². The average Bonchev–Trinajstić information content (AvgIpc) is 3.11. The van der Waals surface area contributed by atoms with E-state index in [1.165, 1.54) is 17.7 Å². The van der Waals surface area contributed by atoms with Gasteiger partial charge in [-0.05, 0) is 61.7 Å². The first-order valence-corrected chi connectivity index (χ1v) is 9.99. The molecule has 0 unspecified atom stereocenters. The lowest BCUT2D eigenvalue weighted by Gasteiger charge is -2.39. The van der Waals surface area contributed by atoms with Crippen molar-refractivity contribution < 1.29 is 13.7 Å². The first-order chi connectivity index (χ1) is 13.6. The minimum Gasteiger partial charge on any atom is -0.497 e. The molecule has 28 heavy (non-hydrogen) atoms. The summed E-state index contributed by atoms with van der Waals surface area (Å²) in [6, 6.07) is 13.4. The van der Waals surface area contributed by atoms with E-state index in [2.05, 4.69) is 42.1 Å². The van der Waals surface area contributed by atoms with Gasteiger partial charge in [0, 0.05) is 23.4 Å². The van der Waals surface area contributed by atoms with Crippen molar-refractivity contribution in [1.29, 1.82) is 0 Å². The number of hydrogen-bond donors (Lipinski definition) is 0. The first kappa shape index (κ1) is 18.9. The Labute approximate surface area is 165 Å². The summed E-state index contributed by atoms with van der Waals surface area (Å²) < 4.78 is 24.2. The number of benzene rings is 2. The second-order valence-electron chi connectivity index (χ2n) is 7.98. The Kier molecular flexibility index (Phi) is 5.36. The summed E-state index contributed by atoms with van der Waals surface area (Å²) >= 11 is 0. The highest BCUT2D eigenvalue weighted by molar-refractivity contribution is 5.79. The van der Waals surface area contributed by atoms with Crippen LogP contribution in [-0.4, -0.2) is 30.3 Å². The maximum atomic E-state index is 13.4. The van der Waals surface area contributed by atoms with Gasteiger partial charge in [0.05, 0.1) is 12.8 Å². The average molecular weight is 382 g/mol. The lowest BCUT2D eigenvalue weighted by molar-refractivity contribution is 0.118. The smallest absolute Gasteiger partial charge is 0.170 e. The number of fused-ring (bicyclic) bond motifs is 1. The molecule has 4 rings (SSSR count). The Morgan fingerprint density at radius 1 is 1.14 bits per heavy atom. The summed E-state index contributed by atoms with van der Waals surface area (Å²) in [7, 11) is 1.71. The molecular formula is C23H27FN2O2. The molecule has 0 amide bonds. The zero-order valence-electron chi connectivity index (χ0n) is 16.7. The van der Waals surface area contributed by atoms with Gasteiger partial charge in [-0.3, -0.25) is 4.90 Å². The molecule has 3 aromatic rings. The van der Waals surface area contributed by atoms with Gasteiger partial charge < -0.3 is 9.26 Å². The molecule has 0 saturated carbocycles. The van der Waals surface area contributed by atoms with Gasteiger partial charge in [-0.25, -0.2) is 4.39 Å². The standard InChI is InChI=1S/C23H27FN2O2/c1-15(2)23(17-5-4-6-19(13-17)27-3)26-11-9-16(10-12-26)22-20-8-7-18(24)14-21(20)28-25-22/h4-8,13-16,23H,9-12H2,1-3H3/t23-/m0/s1. The van der Waals surface area contributed by atoms with Crippen LogP contribution in [0.15, 0.2) is 47.0 Å². The molecule has 1 atom stereocenters. The van der Waals surface area contributed by atoms with Gasteiger partial charge in [0.15, 0.2) is 5.58 Å². The highest BCUT2D eigenvalue weighted by Gasteiger charge is 2.30. The number of methoxy groups -OCH3 is 1. The number of likely N-dealkylation sites (tertiary alicyclic amines) is 1. The molecule has 148 valence electrons. The largest absolute Gasteiger partial charge is 0.497 e. The van der Waals surface area contributed by atoms with E-state index in [-0.39, 0.29) is 5.82 Å². The first-order valence-electron chi connectivity index (χ1n) is 9.99. The van der Waals surface area contributed by atoms with Crippen LogP contribution in [0.4, 0.5) is 4.39 Å². The van der Waals surface area contributed by atoms with E-state index < -0.39 is 0 Å². The Bertz CT molecular complexity index is 945. The molecule has 2 heterocycles. The Morgan fingerprint density at radius 2 is 1.93 bits per heavy atom. The van der Waals surface area contributed by atoms with Crippen LogP contribution in [0.1, 0.15) is 49.9 Å². The Morgan fingerprint density at radius 3 is 2.64 bits per heavy atom. The number of ether oxygens (including phenoxy) is 1. The minimum atomic E-state index is -0.289. The van der Waals surface area contributed by atoms with Crippen molar-refractivity contribution in [3.05, 3.63) is 59.5 Å². The van der Waals surface area contributed by atoms with Gasteiger partial charge in [-0.15, -0.1) is 0 Å². The van der Waals surface area contributed by atoms with E-state index in [0.29, 0.717) is 23.5 Å². The summed E-state index contributed by atoms with van der Waals surface area (Å²) in [5.74, 6) is 1.46. The second-order valence-corrected chi connectivity index (χ2v) is 7.98. The van der Waals surface area contributed by atoms with E-state index in [9.17, 15) is 4.39 Å². The van der Waals surface area contributed by atoms with Crippen LogP contribution in [0.3, 0.4) is 0 Å². The molecule has 1 aliphatic heterocycles. The van der Waals surface area contributed by atoms with E-state index in [1.54, 1.807) is 13.2 Å². The monoisotopic (exact) mass is 382 g/mol. The molecule has 1 aromatic heterocycles. The Hall–Kier alpha value is -2.40. The third kappa shape index (κ3) is 3.63. The van der Waals surface area contributed by atoms with Crippen LogP contribution in [0, 0.1) is 11.7 Å². The fourth-order valence-electron chi connectivity index (χ4n) is 4.52. The lowest BCUT2D eigenvalue weighted by Crippen LogP contribution is -2.38. The highest BCUT2D eigenvalue weighted by atomic mass is 19.1. The van der Waals surface area contributed by atoms with Gasteiger partial charge >= 0.3 is 0 Å². The maximum Gasteiger partial charge on any atom is 0.170 e. The van der Waals surface area contributed by atoms with Gasteiger partial charge in [-0.2, -0.15) is 0 Å². The molecule has 1 saturated heterocycles. The van der Waals surface area contributed by atoms with E-state index >= 15 is 0 Å². The topological polar surface area (TPSA) is 38.5 Å². The third-order valence-corrected chi connectivity index (χ3v) is 5.84. The molecule has 5 heteroatoms. The van der Waals surface area contributed by atoms with E-state index in [1.807, 2.05) is 6.07 Å². The van der Waals surface area contributed by atoms with Crippen LogP contribution >= 0.6 is 0 Å². The van der Waals surface area contributed by atoms with Crippen LogP contribution in [0.2, 0.25) is 0 Å². The summed E-state index contributed by atoms with van der Waals surface area (Å²) in [6.07, 6.45) is 2.04. The lowest BCUT2D eigenvalue weighted by atomic mass is 9.87. The molecule has 0 N–H and O–H groups in total. The van der Waals surface area contributed by atoms with Gasteiger partial charge in [-0.1, -0.05) is 31.1 Å². The fourth-order valence-corrected chi connectivity index (χ4v) is 4.52. The summed E-state index contributed by atoms with van der Waals surface area (Å²) in [4.78, 5) is 2.57. The Balaban J connectivity index is 1.51. The number of nitrogens with zero attached hydrogens (tertiary/aromatic N) is 2. The molecule has 0 aliphatic carbocycles. The molecule has 1 aliphatic rings. The highest BCUT2D eigenvalue weighted by Crippen LogP contribution is 2.38. The molecular weight excluding hydrogens is 355 g/mol. The number of halogens is 1. The summed E-state index contributed by atoms with van der Waals surface area (Å²) in [6.45, 7) is 6.55. The van der Waals surface area contributed by atoms with Crippen molar-refractivity contribution in [3.8, 4) is 5.75 Å². The summed E-state index contributed by atoms with van der Waals surface area (Å²) in [5.41, 5.74) is 2.81. The quantitative estimate of drug-likeness (QED) is 0.580. The zero-order valence-corrected chi connectivity index (χ0v) is 16.7. The number of rotatable bonds is 5. The van der Waals surface area contributed by atoms with Gasteiger partial charge in [0.25, 0.3) is 0 Å². The van der Waals surface area contributed by atoms with Crippen LogP contribution in [0.25, 0.3) is 11.0 Å². The number of hydrogen-bond acceptors (Lipinski definition) is 4. The second kappa shape index (κ2) is 7.92. The molecule has 0 bridgehead atoms. The van der Waals surface area contributed by atoms with Crippen LogP contribution in [0.5, 0.6) is 5.75 Å². The van der Waals surface area contributed by atoms with Crippen molar-refractivity contribution in [2.24, 2.45) is 5.92 Å². The van der Waals surface area contributed by atoms with Gasteiger partial charge in [0.1, 0.15) is 11.6 Å². The minimum absolute atomic E-state index is 0.289. The molecule has 4 nitrogen and oxygen atoms in total. The SMILES string of the molecule is COc1cccc([C@H](C(C)C)N2CCC(c3noc4cc(F)ccc34)CC2)c1. The summed E-state index contributed by atoms with van der Waals surface area (Å²) in [5, 5.41) is 5.21. The fraction of sp³-hybridized carbons (Fsp3) is 0.435. The normalized spacial score (nSPS) is 17.3. The number of aromatic nitrogens is 1. The molecule has 0 radical (unpaired) electrons. The van der Waals surface area contributed by atoms with Crippen molar-refractivity contribution in [2.45, 2.75) is 38.6 Å². The maximum absolute atomic E-state index is 13.4. The van der Waals surface area contributed by atoms with Crippen LogP contribution in [-0.2, 0) is 0 Å².